The molecule has 1 aliphatic carbocycles. The lowest BCUT2D eigenvalue weighted by Gasteiger charge is -2.12. The van der Waals surface area contributed by atoms with E-state index in [2.05, 4.69) is 29.2 Å². The van der Waals surface area contributed by atoms with Gasteiger partial charge >= 0.3 is 0 Å². The third-order valence-corrected chi connectivity index (χ3v) is 3.49. The first-order chi connectivity index (χ1) is 8.43. The third-order valence-electron chi connectivity index (χ3n) is 3.49. The van der Waals surface area contributed by atoms with Crippen molar-refractivity contribution in [3.05, 3.63) is 42.1 Å². The van der Waals surface area contributed by atoms with Crippen LogP contribution in [-0.4, -0.2) is 11.1 Å². The van der Waals surface area contributed by atoms with E-state index in [0.29, 0.717) is 12.7 Å². The van der Waals surface area contributed by atoms with E-state index in [4.69, 9.17) is 4.74 Å². The Balaban J connectivity index is 1.79. The zero-order valence-corrected chi connectivity index (χ0v) is 9.93. The molecule has 2 nitrogen and oxygen atoms in total. The zero-order valence-electron chi connectivity index (χ0n) is 9.93. The fourth-order valence-electron chi connectivity index (χ4n) is 2.55. The summed E-state index contributed by atoms with van der Waals surface area (Å²) in [5, 5.41) is 1.19. The molecular formula is C15H17NO. The molecular weight excluding hydrogens is 210 g/mol. The highest BCUT2D eigenvalue weighted by Crippen LogP contribution is 2.23. The number of benzene rings is 1. The number of hydrogen-bond acceptors (Lipinski definition) is 2. The van der Waals surface area contributed by atoms with E-state index in [1.165, 1.54) is 36.6 Å². The molecule has 1 aliphatic rings. The number of ether oxygens (including phenoxy) is 1. The van der Waals surface area contributed by atoms with Crippen LogP contribution in [0.2, 0.25) is 0 Å². The third kappa shape index (κ3) is 2.32. The van der Waals surface area contributed by atoms with E-state index in [-0.39, 0.29) is 0 Å². The molecule has 0 bridgehead atoms. The topological polar surface area (TPSA) is 22.1 Å². The van der Waals surface area contributed by atoms with Crippen LogP contribution >= 0.6 is 0 Å². The largest absolute Gasteiger partial charge is 0.373 e. The number of pyridine rings is 1. The van der Waals surface area contributed by atoms with Gasteiger partial charge in [-0.25, -0.2) is 0 Å². The van der Waals surface area contributed by atoms with Gasteiger partial charge in [0.1, 0.15) is 0 Å². The minimum Gasteiger partial charge on any atom is -0.373 e. The molecule has 17 heavy (non-hydrogen) atoms. The highest BCUT2D eigenvalue weighted by molar-refractivity contribution is 5.81. The Hall–Kier alpha value is -1.41. The minimum atomic E-state index is 0.467. The molecule has 0 atom stereocenters. The molecule has 0 N–H and O–H groups in total. The lowest BCUT2D eigenvalue weighted by molar-refractivity contribution is 0.0462. The maximum Gasteiger partial charge on any atom is 0.0757 e. The second-order valence-corrected chi connectivity index (χ2v) is 4.71. The summed E-state index contributed by atoms with van der Waals surface area (Å²) in [5.41, 5.74) is 2.28. The molecule has 0 spiro atoms. The van der Waals surface area contributed by atoms with E-state index in [0.717, 1.165) is 5.52 Å². The summed E-state index contributed by atoms with van der Waals surface area (Å²) in [6.45, 7) is 0.693. The highest BCUT2D eigenvalue weighted by atomic mass is 16.5. The standard InChI is InChI=1S/C15H17NO/c1-2-9-14(8-1)17-11-13-6-3-5-12-7-4-10-16-15(12)13/h3-7,10,14H,1-2,8-9,11H2. The van der Waals surface area contributed by atoms with E-state index in [9.17, 15) is 0 Å². The number of aromatic nitrogens is 1. The Morgan fingerprint density at radius 3 is 2.82 bits per heavy atom. The summed E-state index contributed by atoms with van der Waals surface area (Å²) < 4.78 is 5.96. The van der Waals surface area contributed by atoms with Gasteiger partial charge < -0.3 is 4.74 Å². The van der Waals surface area contributed by atoms with Crippen LogP contribution in [0.1, 0.15) is 31.2 Å². The van der Waals surface area contributed by atoms with E-state index < -0.39 is 0 Å². The Labute approximate surface area is 102 Å². The van der Waals surface area contributed by atoms with Crippen LogP contribution < -0.4 is 0 Å². The Bertz CT molecular complexity index is 498. The molecule has 2 aromatic rings. The molecule has 1 aromatic carbocycles. The van der Waals surface area contributed by atoms with Crippen molar-refractivity contribution < 1.29 is 4.74 Å². The predicted octanol–water partition coefficient (Wildman–Crippen LogP) is 3.69. The zero-order chi connectivity index (χ0) is 11.5. The lowest BCUT2D eigenvalue weighted by atomic mass is 10.1. The van der Waals surface area contributed by atoms with Crippen molar-refractivity contribution in [2.24, 2.45) is 0 Å². The van der Waals surface area contributed by atoms with Crippen molar-refractivity contribution in [1.82, 2.24) is 4.98 Å². The van der Waals surface area contributed by atoms with Gasteiger partial charge in [0, 0.05) is 17.1 Å². The lowest BCUT2D eigenvalue weighted by Crippen LogP contribution is -2.07. The monoisotopic (exact) mass is 227 g/mol. The molecule has 0 amide bonds. The molecule has 0 unspecified atom stereocenters. The van der Waals surface area contributed by atoms with Gasteiger partial charge in [-0.05, 0) is 18.9 Å². The number of hydrogen-bond donors (Lipinski definition) is 0. The molecule has 0 aliphatic heterocycles. The van der Waals surface area contributed by atoms with Gasteiger partial charge in [0.05, 0.1) is 18.2 Å². The first kappa shape index (κ1) is 10.7. The predicted molar refractivity (Wildman–Crippen MR) is 68.8 cm³/mol. The quantitative estimate of drug-likeness (QED) is 0.797. The maximum absolute atomic E-state index is 5.96. The van der Waals surface area contributed by atoms with Gasteiger partial charge in [-0.15, -0.1) is 0 Å². The normalized spacial score (nSPS) is 16.7. The Morgan fingerprint density at radius 1 is 1.12 bits per heavy atom. The first-order valence-corrected chi connectivity index (χ1v) is 6.38. The second-order valence-electron chi connectivity index (χ2n) is 4.71. The molecule has 1 fully saturated rings. The fraction of sp³-hybridized carbons (Fsp3) is 0.400. The number of para-hydroxylation sites is 1. The van der Waals surface area contributed by atoms with Crippen molar-refractivity contribution in [2.75, 3.05) is 0 Å². The van der Waals surface area contributed by atoms with Gasteiger partial charge in [-0.3, -0.25) is 4.98 Å². The van der Waals surface area contributed by atoms with E-state index in [1.807, 2.05) is 12.3 Å². The summed E-state index contributed by atoms with van der Waals surface area (Å²) in [6, 6.07) is 10.4. The highest BCUT2D eigenvalue weighted by Gasteiger charge is 2.15. The van der Waals surface area contributed by atoms with Crippen molar-refractivity contribution >= 4 is 10.9 Å². The van der Waals surface area contributed by atoms with Crippen LogP contribution in [0.3, 0.4) is 0 Å². The summed E-state index contributed by atoms with van der Waals surface area (Å²) in [7, 11) is 0. The van der Waals surface area contributed by atoms with Gasteiger partial charge in [0.2, 0.25) is 0 Å². The van der Waals surface area contributed by atoms with Gasteiger partial charge in [0.25, 0.3) is 0 Å². The van der Waals surface area contributed by atoms with Crippen LogP contribution in [0.5, 0.6) is 0 Å². The van der Waals surface area contributed by atoms with Crippen LogP contribution in [0, 0.1) is 0 Å². The van der Waals surface area contributed by atoms with Crippen molar-refractivity contribution in [3.8, 4) is 0 Å². The SMILES string of the molecule is c1cnc2c(COC3CCCC3)cccc2c1. The van der Waals surface area contributed by atoms with Crippen molar-refractivity contribution in [2.45, 2.75) is 38.4 Å². The summed E-state index contributed by atoms with van der Waals surface area (Å²) >= 11 is 0. The van der Waals surface area contributed by atoms with Gasteiger partial charge in [-0.2, -0.15) is 0 Å². The van der Waals surface area contributed by atoms with Crippen LogP contribution in [-0.2, 0) is 11.3 Å². The van der Waals surface area contributed by atoms with Crippen molar-refractivity contribution in [3.63, 3.8) is 0 Å². The molecule has 88 valence electrons. The number of fused-ring (bicyclic) bond motifs is 1. The smallest absolute Gasteiger partial charge is 0.0757 e. The molecule has 1 heterocycles. The first-order valence-electron chi connectivity index (χ1n) is 6.38. The van der Waals surface area contributed by atoms with E-state index in [1.54, 1.807) is 0 Å². The Morgan fingerprint density at radius 2 is 1.94 bits per heavy atom. The van der Waals surface area contributed by atoms with Crippen LogP contribution in [0.15, 0.2) is 36.5 Å². The Kier molecular flexibility index (Phi) is 3.06. The number of rotatable bonds is 3. The van der Waals surface area contributed by atoms with Crippen LogP contribution in [0.4, 0.5) is 0 Å². The molecule has 0 saturated heterocycles. The van der Waals surface area contributed by atoms with E-state index >= 15 is 0 Å². The fourth-order valence-corrected chi connectivity index (χ4v) is 2.55. The molecule has 1 saturated carbocycles. The molecule has 1 aromatic heterocycles. The average Bonchev–Trinajstić information content (AvgIpc) is 2.89. The molecule has 0 radical (unpaired) electrons. The maximum atomic E-state index is 5.96. The molecule has 2 heteroatoms. The molecule has 3 rings (SSSR count). The van der Waals surface area contributed by atoms with Crippen molar-refractivity contribution in [1.29, 1.82) is 0 Å². The van der Waals surface area contributed by atoms with Crippen LogP contribution in [0.25, 0.3) is 10.9 Å². The van der Waals surface area contributed by atoms with Gasteiger partial charge in [-0.1, -0.05) is 37.1 Å². The summed E-state index contributed by atoms with van der Waals surface area (Å²) in [4.78, 5) is 4.45. The summed E-state index contributed by atoms with van der Waals surface area (Å²) in [6.07, 6.45) is 7.39. The average molecular weight is 227 g/mol. The number of nitrogens with zero attached hydrogens (tertiary/aromatic N) is 1. The van der Waals surface area contributed by atoms with Gasteiger partial charge in [0.15, 0.2) is 0 Å². The second kappa shape index (κ2) is 4.84. The summed E-state index contributed by atoms with van der Waals surface area (Å²) in [5.74, 6) is 0. The minimum absolute atomic E-state index is 0.467.